The first-order chi connectivity index (χ1) is 12.0. The zero-order valence-corrected chi connectivity index (χ0v) is 13.1. The van der Waals surface area contributed by atoms with Crippen LogP contribution in [-0.4, -0.2) is 35.4 Å². The van der Waals surface area contributed by atoms with Gasteiger partial charge in [-0.05, 0) is 42.8 Å². The van der Waals surface area contributed by atoms with E-state index in [4.69, 9.17) is 9.47 Å². The van der Waals surface area contributed by atoms with Gasteiger partial charge in [0.1, 0.15) is 11.6 Å². The summed E-state index contributed by atoms with van der Waals surface area (Å²) < 4.78 is 38.2. The Morgan fingerprint density at radius 1 is 1.12 bits per heavy atom. The van der Waals surface area contributed by atoms with E-state index in [9.17, 15) is 18.7 Å². The first-order valence-corrected chi connectivity index (χ1v) is 7.86. The Morgan fingerprint density at radius 3 is 2.76 bits per heavy atom. The summed E-state index contributed by atoms with van der Waals surface area (Å²) in [6.07, 6.45) is -0.651. The summed E-state index contributed by atoms with van der Waals surface area (Å²) in [5.41, 5.74) is 0.394. The van der Waals surface area contributed by atoms with Gasteiger partial charge in [-0.15, -0.1) is 0 Å². The minimum Gasteiger partial charge on any atom is -0.454 e. The number of benzene rings is 2. The zero-order valence-electron chi connectivity index (χ0n) is 13.1. The molecular formula is C18H15F2NO4. The van der Waals surface area contributed by atoms with Gasteiger partial charge in [0.05, 0.1) is 12.1 Å². The minimum atomic E-state index is -0.800. The Labute approximate surface area is 142 Å². The maximum Gasteiger partial charge on any atom is 0.254 e. The van der Waals surface area contributed by atoms with Gasteiger partial charge in [-0.3, -0.25) is 4.79 Å². The highest BCUT2D eigenvalue weighted by atomic mass is 19.1. The number of fused-ring (bicyclic) bond motifs is 1. The van der Waals surface area contributed by atoms with Crippen molar-refractivity contribution in [3.63, 3.8) is 0 Å². The molecule has 0 spiro atoms. The summed E-state index contributed by atoms with van der Waals surface area (Å²) in [6.45, 7) is 0.139. The molecule has 2 aliphatic rings. The molecular weight excluding hydrogens is 332 g/mol. The Hall–Kier alpha value is -2.67. The quantitative estimate of drug-likeness (QED) is 0.907. The van der Waals surface area contributed by atoms with Crippen molar-refractivity contribution in [1.29, 1.82) is 0 Å². The number of carbonyl (C=O) groups is 1. The standard InChI is InChI=1S/C18H15F2NO4/c19-11-2-3-14(20)13(6-11)15-7-12(22)8-21(15)18(23)10-1-4-16-17(5-10)25-9-24-16/h1-6,12,15,22H,7-9H2/t12-,15+/m1/s1. The van der Waals surface area contributed by atoms with Gasteiger partial charge in [-0.2, -0.15) is 0 Å². The number of hydrogen-bond acceptors (Lipinski definition) is 4. The molecule has 0 aromatic heterocycles. The number of halogens is 2. The molecule has 2 aromatic rings. The Bertz CT molecular complexity index is 842. The average Bonchev–Trinajstić information content (AvgIpc) is 3.22. The van der Waals surface area contributed by atoms with Crippen molar-refractivity contribution in [2.24, 2.45) is 0 Å². The largest absolute Gasteiger partial charge is 0.454 e. The van der Waals surface area contributed by atoms with Crippen molar-refractivity contribution >= 4 is 5.91 Å². The van der Waals surface area contributed by atoms with Gasteiger partial charge in [0.2, 0.25) is 6.79 Å². The molecule has 1 saturated heterocycles. The molecule has 0 aliphatic carbocycles. The van der Waals surface area contributed by atoms with E-state index in [1.165, 1.54) is 4.90 Å². The molecule has 7 heteroatoms. The maximum absolute atomic E-state index is 14.1. The van der Waals surface area contributed by atoms with Crippen LogP contribution in [0.15, 0.2) is 36.4 Å². The molecule has 0 saturated carbocycles. The molecule has 0 unspecified atom stereocenters. The predicted molar refractivity (Wildman–Crippen MR) is 83.3 cm³/mol. The highest BCUT2D eigenvalue weighted by Gasteiger charge is 2.37. The number of likely N-dealkylation sites (tertiary alicyclic amines) is 1. The topological polar surface area (TPSA) is 59.0 Å². The molecule has 1 N–H and O–H groups in total. The van der Waals surface area contributed by atoms with E-state index < -0.39 is 23.8 Å². The summed E-state index contributed by atoms with van der Waals surface area (Å²) in [4.78, 5) is 14.2. The van der Waals surface area contributed by atoms with E-state index in [-0.39, 0.29) is 31.2 Å². The first kappa shape index (κ1) is 15.8. The van der Waals surface area contributed by atoms with Crippen molar-refractivity contribution in [1.82, 2.24) is 4.90 Å². The summed E-state index contributed by atoms with van der Waals surface area (Å²) in [7, 11) is 0. The number of rotatable bonds is 2. The van der Waals surface area contributed by atoms with Crippen molar-refractivity contribution in [3.8, 4) is 11.5 Å². The molecule has 5 nitrogen and oxygen atoms in total. The van der Waals surface area contributed by atoms with Crippen LogP contribution in [0.5, 0.6) is 11.5 Å². The lowest BCUT2D eigenvalue weighted by Gasteiger charge is -2.25. The van der Waals surface area contributed by atoms with Gasteiger partial charge < -0.3 is 19.5 Å². The van der Waals surface area contributed by atoms with Gasteiger partial charge in [-0.1, -0.05) is 0 Å². The third-order valence-electron chi connectivity index (χ3n) is 4.48. The molecule has 25 heavy (non-hydrogen) atoms. The third kappa shape index (κ3) is 2.80. The van der Waals surface area contributed by atoms with E-state index in [0.29, 0.717) is 17.1 Å². The predicted octanol–water partition coefficient (Wildman–Crippen LogP) is 2.64. The second-order valence-corrected chi connectivity index (χ2v) is 6.10. The normalized spacial score (nSPS) is 21.6. The summed E-state index contributed by atoms with van der Waals surface area (Å²) >= 11 is 0. The fourth-order valence-electron chi connectivity index (χ4n) is 3.30. The highest BCUT2D eigenvalue weighted by molar-refractivity contribution is 5.95. The Kier molecular flexibility index (Phi) is 3.80. The van der Waals surface area contributed by atoms with Crippen molar-refractivity contribution < 1.29 is 28.2 Å². The van der Waals surface area contributed by atoms with Crippen LogP contribution >= 0.6 is 0 Å². The molecule has 1 amide bonds. The van der Waals surface area contributed by atoms with Crippen LogP contribution in [-0.2, 0) is 0 Å². The van der Waals surface area contributed by atoms with Crippen molar-refractivity contribution in [2.45, 2.75) is 18.6 Å². The molecule has 2 heterocycles. The molecule has 0 radical (unpaired) electrons. The van der Waals surface area contributed by atoms with Gasteiger partial charge in [0, 0.05) is 17.7 Å². The number of carbonyl (C=O) groups excluding carboxylic acids is 1. The second kappa shape index (κ2) is 6.00. The smallest absolute Gasteiger partial charge is 0.254 e. The summed E-state index contributed by atoms with van der Waals surface area (Å²) in [5, 5.41) is 9.99. The summed E-state index contributed by atoms with van der Waals surface area (Å²) in [6, 6.07) is 7.14. The average molecular weight is 347 g/mol. The van der Waals surface area contributed by atoms with Crippen LogP contribution in [0.1, 0.15) is 28.4 Å². The third-order valence-corrected chi connectivity index (χ3v) is 4.48. The fraction of sp³-hybridized carbons (Fsp3) is 0.278. The Morgan fingerprint density at radius 2 is 1.92 bits per heavy atom. The second-order valence-electron chi connectivity index (χ2n) is 6.10. The number of β-amino-alcohol motifs (C(OH)–C–C–N with tert-alkyl or cyclic N) is 1. The summed E-state index contributed by atoms with van der Waals surface area (Å²) in [5.74, 6) is -0.578. The monoisotopic (exact) mass is 347 g/mol. The van der Waals surface area contributed by atoms with E-state index >= 15 is 0 Å². The molecule has 4 rings (SSSR count). The van der Waals surface area contributed by atoms with E-state index in [1.54, 1.807) is 18.2 Å². The van der Waals surface area contributed by atoms with Crippen LogP contribution in [0.4, 0.5) is 8.78 Å². The molecule has 2 aromatic carbocycles. The lowest BCUT2D eigenvalue weighted by molar-refractivity contribution is 0.0713. The van der Waals surface area contributed by atoms with Crippen LogP contribution < -0.4 is 9.47 Å². The fourth-order valence-corrected chi connectivity index (χ4v) is 3.30. The zero-order chi connectivity index (χ0) is 17.6. The lowest BCUT2D eigenvalue weighted by Crippen LogP contribution is -2.32. The minimum absolute atomic E-state index is 0.0495. The van der Waals surface area contributed by atoms with Gasteiger partial charge in [0.25, 0.3) is 5.91 Å². The number of nitrogens with zero attached hydrogens (tertiary/aromatic N) is 1. The van der Waals surface area contributed by atoms with E-state index in [1.807, 2.05) is 0 Å². The highest BCUT2D eigenvalue weighted by Crippen LogP contribution is 2.37. The molecule has 1 fully saturated rings. The van der Waals surface area contributed by atoms with Crippen molar-refractivity contribution in [3.05, 3.63) is 59.2 Å². The van der Waals surface area contributed by atoms with E-state index in [0.717, 1.165) is 18.2 Å². The molecule has 2 aliphatic heterocycles. The number of hydrogen-bond donors (Lipinski definition) is 1. The van der Waals surface area contributed by atoms with Gasteiger partial charge >= 0.3 is 0 Å². The van der Waals surface area contributed by atoms with Gasteiger partial charge in [-0.25, -0.2) is 8.78 Å². The van der Waals surface area contributed by atoms with Crippen LogP contribution in [0, 0.1) is 11.6 Å². The Balaban J connectivity index is 1.67. The van der Waals surface area contributed by atoms with E-state index in [2.05, 4.69) is 0 Å². The number of aliphatic hydroxyl groups is 1. The number of ether oxygens (including phenoxy) is 2. The lowest BCUT2D eigenvalue weighted by atomic mass is 10.0. The molecule has 2 atom stereocenters. The maximum atomic E-state index is 14.1. The van der Waals surface area contributed by atoms with Crippen LogP contribution in [0.2, 0.25) is 0 Å². The van der Waals surface area contributed by atoms with Crippen molar-refractivity contribution in [2.75, 3.05) is 13.3 Å². The van der Waals surface area contributed by atoms with Crippen LogP contribution in [0.3, 0.4) is 0 Å². The van der Waals surface area contributed by atoms with Crippen LogP contribution in [0.25, 0.3) is 0 Å². The molecule has 130 valence electrons. The SMILES string of the molecule is O=C(c1ccc2c(c1)OCO2)N1C[C@H](O)C[C@H]1c1cc(F)ccc1F. The number of amides is 1. The molecule has 0 bridgehead atoms. The number of aliphatic hydroxyl groups excluding tert-OH is 1. The first-order valence-electron chi connectivity index (χ1n) is 7.86. The van der Waals surface area contributed by atoms with Gasteiger partial charge in [0.15, 0.2) is 11.5 Å².